The van der Waals surface area contributed by atoms with E-state index in [2.05, 4.69) is 20.6 Å². The number of nitrogens with one attached hydrogen (secondary N) is 2. The number of halogens is 1. The number of aromatic nitrogens is 2. The fourth-order valence-corrected chi connectivity index (χ4v) is 1.48. The van der Waals surface area contributed by atoms with E-state index in [-0.39, 0.29) is 11.9 Å². The van der Waals surface area contributed by atoms with E-state index in [0.717, 1.165) is 6.42 Å². The predicted octanol–water partition coefficient (Wildman–Crippen LogP) is 0.306. The quantitative estimate of drug-likeness (QED) is 0.689. The Morgan fingerprint density at radius 1 is 1.53 bits per heavy atom. The van der Waals surface area contributed by atoms with Crippen LogP contribution in [0.4, 0.5) is 10.2 Å². The number of hydrogen-bond acceptors (Lipinski definition) is 4. The number of carbonyl (C=O) groups is 1. The fourth-order valence-electron chi connectivity index (χ4n) is 1.48. The molecule has 0 spiro atoms. The molecule has 6 heteroatoms. The van der Waals surface area contributed by atoms with Crippen molar-refractivity contribution in [3.8, 4) is 0 Å². The Labute approximate surface area is 86.1 Å². The molecule has 0 bridgehead atoms. The Balaban J connectivity index is 1.94. The van der Waals surface area contributed by atoms with Gasteiger partial charge in [0.2, 0.25) is 11.9 Å². The van der Waals surface area contributed by atoms with Gasteiger partial charge >= 0.3 is 0 Å². The van der Waals surface area contributed by atoms with E-state index >= 15 is 0 Å². The number of anilines is 1. The van der Waals surface area contributed by atoms with E-state index in [1.165, 1.54) is 12.4 Å². The van der Waals surface area contributed by atoms with E-state index in [1.807, 2.05) is 0 Å². The Hall–Kier alpha value is -1.72. The summed E-state index contributed by atoms with van der Waals surface area (Å²) >= 11 is 0. The molecule has 0 radical (unpaired) electrons. The first-order chi connectivity index (χ1) is 7.24. The van der Waals surface area contributed by atoms with Gasteiger partial charge < -0.3 is 10.6 Å². The lowest BCUT2D eigenvalue weighted by molar-refractivity contribution is -0.122. The number of carbonyl (C=O) groups excluding carboxylic acids is 1. The van der Waals surface area contributed by atoms with Gasteiger partial charge in [0, 0.05) is 25.1 Å². The van der Waals surface area contributed by atoms with E-state index < -0.39 is 5.95 Å². The largest absolute Gasteiger partial charge is 0.365 e. The van der Waals surface area contributed by atoms with Gasteiger partial charge in [-0.3, -0.25) is 4.79 Å². The maximum Gasteiger partial charge on any atom is 0.220 e. The third kappa shape index (κ3) is 2.61. The smallest absolute Gasteiger partial charge is 0.220 e. The summed E-state index contributed by atoms with van der Waals surface area (Å²) in [6.07, 6.45) is 2.39. The van der Waals surface area contributed by atoms with Crippen LogP contribution in [0.15, 0.2) is 12.4 Å². The molecule has 15 heavy (non-hydrogen) atoms. The standard InChI is InChI=1S/C9H11FN4O/c10-7-3-8(13-5-12-7)14-6-1-2-9(15)11-4-6/h3,5-6H,1-2,4H2,(H,11,15)(H,12,13,14). The normalized spacial score (nSPS) is 20.9. The monoisotopic (exact) mass is 210 g/mol. The summed E-state index contributed by atoms with van der Waals surface area (Å²) in [5, 5.41) is 5.76. The minimum Gasteiger partial charge on any atom is -0.365 e. The molecule has 2 rings (SSSR count). The highest BCUT2D eigenvalue weighted by molar-refractivity contribution is 5.76. The van der Waals surface area contributed by atoms with Crippen LogP contribution < -0.4 is 10.6 Å². The molecule has 1 unspecified atom stereocenters. The predicted molar refractivity (Wildman–Crippen MR) is 51.6 cm³/mol. The highest BCUT2D eigenvalue weighted by Gasteiger charge is 2.17. The molecular formula is C9H11FN4O. The molecule has 2 heterocycles. The Bertz CT molecular complexity index is 361. The summed E-state index contributed by atoms with van der Waals surface area (Å²) in [7, 11) is 0. The zero-order valence-corrected chi connectivity index (χ0v) is 8.03. The minimum absolute atomic E-state index is 0.0573. The van der Waals surface area contributed by atoms with Gasteiger partial charge in [-0.2, -0.15) is 4.39 Å². The Kier molecular flexibility index (Phi) is 2.75. The van der Waals surface area contributed by atoms with Gasteiger partial charge in [0.25, 0.3) is 0 Å². The van der Waals surface area contributed by atoms with Gasteiger partial charge in [0.15, 0.2) is 0 Å². The van der Waals surface area contributed by atoms with Crippen molar-refractivity contribution in [1.29, 1.82) is 0 Å². The number of nitrogens with zero attached hydrogens (tertiary/aromatic N) is 2. The summed E-state index contributed by atoms with van der Waals surface area (Å²) in [4.78, 5) is 18.1. The first-order valence-electron chi connectivity index (χ1n) is 4.75. The molecule has 1 amide bonds. The second kappa shape index (κ2) is 4.20. The summed E-state index contributed by atoms with van der Waals surface area (Å²) in [5.74, 6) is -0.0575. The lowest BCUT2D eigenvalue weighted by Gasteiger charge is -2.23. The van der Waals surface area contributed by atoms with Crippen molar-refractivity contribution in [3.05, 3.63) is 18.3 Å². The van der Waals surface area contributed by atoms with Crippen LogP contribution in [0.2, 0.25) is 0 Å². The van der Waals surface area contributed by atoms with Gasteiger partial charge in [-0.25, -0.2) is 9.97 Å². The Morgan fingerprint density at radius 3 is 3.07 bits per heavy atom. The highest BCUT2D eigenvalue weighted by atomic mass is 19.1. The lowest BCUT2D eigenvalue weighted by atomic mass is 10.1. The van der Waals surface area contributed by atoms with E-state index in [9.17, 15) is 9.18 Å². The van der Waals surface area contributed by atoms with Crippen LogP contribution in [-0.4, -0.2) is 28.5 Å². The molecule has 0 aliphatic carbocycles. The van der Waals surface area contributed by atoms with Crippen LogP contribution in [0, 0.1) is 5.95 Å². The molecule has 1 atom stereocenters. The van der Waals surface area contributed by atoms with Crippen LogP contribution in [0.3, 0.4) is 0 Å². The summed E-state index contributed by atoms with van der Waals surface area (Å²) in [6.45, 7) is 0.546. The molecule has 1 aliphatic heterocycles. The first kappa shape index (κ1) is 9.82. The average molecular weight is 210 g/mol. The molecule has 80 valence electrons. The van der Waals surface area contributed by atoms with Crippen molar-refractivity contribution < 1.29 is 9.18 Å². The van der Waals surface area contributed by atoms with Crippen LogP contribution in [0.1, 0.15) is 12.8 Å². The molecule has 1 saturated heterocycles. The van der Waals surface area contributed by atoms with Crippen LogP contribution in [-0.2, 0) is 4.79 Å². The zero-order chi connectivity index (χ0) is 10.7. The van der Waals surface area contributed by atoms with Crippen molar-refractivity contribution >= 4 is 11.7 Å². The summed E-state index contributed by atoms with van der Waals surface area (Å²) in [6, 6.07) is 1.34. The fraction of sp³-hybridized carbons (Fsp3) is 0.444. The number of hydrogen-bond donors (Lipinski definition) is 2. The molecule has 1 aliphatic rings. The SMILES string of the molecule is O=C1CCC(Nc2cc(F)ncn2)CN1. The van der Waals surface area contributed by atoms with E-state index in [0.29, 0.717) is 18.8 Å². The van der Waals surface area contributed by atoms with Gasteiger partial charge in [-0.15, -0.1) is 0 Å². The van der Waals surface area contributed by atoms with Crippen molar-refractivity contribution in [2.24, 2.45) is 0 Å². The summed E-state index contributed by atoms with van der Waals surface area (Å²) in [5.41, 5.74) is 0. The molecule has 0 aromatic carbocycles. The Morgan fingerprint density at radius 2 is 2.40 bits per heavy atom. The van der Waals surface area contributed by atoms with Gasteiger partial charge in [0.1, 0.15) is 12.1 Å². The van der Waals surface area contributed by atoms with Gasteiger partial charge in [0.05, 0.1) is 0 Å². The second-order valence-corrected chi connectivity index (χ2v) is 3.41. The van der Waals surface area contributed by atoms with Crippen LogP contribution in [0.5, 0.6) is 0 Å². The van der Waals surface area contributed by atoms with Crippen molar-refractivity contribution in [1.82, 2.24) is 15.3 Å². The maximum absolute atomic E-state index is 12.7. The lowest BCUT2D eigenvalue weighted by Crippen LogP contribution is -2.42. The third-order valence-electron chi connectivity index (χ3n) is 2.25. The first-order valence-corrected chi connectivity index (χ1v) is 4.75. The summed E-state index contributed by atoms with van der Waals surface area (Å²) < 4.78 is 12.7. The van der Waals surface area contributed by atoms with Crippen LogP contribution >= 0.6 is 0 Å². The zero-order valence-electron chi connectivity index (χ0n) is 8.03. The topological polar surface area (TPSA) is 66.9 Å². The average Bonchev–Trinajstić information content (AvgIpc) is 2.22. The minimum atomic E-state index is -0.563. The molecule has 2 N–H and O–H groups in total. The maximum atomic E-state index is 12.7. The molecule has 1 fully saturated rings. The molecule has 0 saturated carbocycles. The number of piperidine rings is 1. The van der Waals surface area contributed by atoms with Crippen LogP contribution in [0.25, 0.3) is 0 Å². The highest BCUT2D eigenvalue weighted by Crippen LogP contribution is 2.10. The molecule has 1 aromatic rings. The second-order valence-electron chi connectivity index (χ2n) is 3.41. The number of rotatable bonds is 2. The van der Waals surface area contributed by atoms with E-state index in [4.69, 9.17) is 0 Å². The van der Waals surface area contributed by atoms with Crippen molar-refractivity contribution in [2.45, 2.75) is 18.9 Å². The van der Waals surface area contributed by atoms with E-state index in [1.54, 1.807) is 0 Å². The number of amides is 1. The molecule has 5 nitrogen and oxygen atoms in total. The van der Waals surface area contributed by atoms with Gasteiger partial charge in [-0.1, -0.05) is 0 Å². The van der Waals surface area contributed by atoms with Crippen molar-refractivity contribution in [3.63, 3.8) is 0 Å². The molecule has 1 aromatic heterocycles. The van der Waals surface area contributed by atoms with Gasteiger partial charge in [-0.05, 0) is 6.42 Å². The van der Waals surface area contributed by atoms with Crippen molar-refractivity contribution in [2.75, 3.05) is 11.9 Å². The third-order valence-corrected chi connectivity index (χ3v) is 2.25. The molecular weight excluding hydrogens is 199 g/mol.